The molecule has 0 aliphatic carbocycles. The zero-order chi connectivity index (χ0) is 12.4. The highest BCUT2D eigenvalue weighted by atomic mass is 16.5. The average molecular weight is 226 g/mol. The van der Waals surface area contributed by atoms with Gasteiger partial charge in [-0.1, -0.05) is 19.1 Å². The van der Waals surface area contributed by atoms with Gasteiger partial charge in [-0.05, 0) is 19.4 Å². The van der Waals surface area contributed by atoms with Gasteiger partial charge in [0.05, 0.1) is 6.61 Å². The van der Waals surface area contributed by atoms with Crippen molar-refractivity contribution in [2.24, 2.45) is 5.92 Å². The van der Waals surface area contributed by atoms with E-state index in [2.05, 4.69) is 6.58 Å². The maximum atomic E-state index is 10.5. The number of allylic oxidation sites excluding steroid dienone is 2. The van der Waals surface area contributed by atoms with Crippen LogP contribution in [0.2, 0.25) is 0 Å². The Hall–Kier alpha value is -1.09. The van der Waals surface area contributed by atoms with Crippen molar-refractivity contribution in [3.05, 3.63) is 24.0 Å². The molecule has 0 fully saturated rings. The summed E-state index contributed by atoms with van der Waals surface area (Å²) in [6, 6.07) is 0. The topological polar surface area (TPSA) is 35.5 Å². The maximum Gasteiger partial charge on any atom is 0.123 e. The molecule has 0 aliphatic heterocycles. The van der Waals surface area contributed by atoms with Crippen molar-refractivity contribution < 1.29 is 14.3 Å². The lowest BCUT2D eigenvalue weighted by molar-refractivity contribution is -0.110. The van der Waals surface area contributed by atoms with Gasteiger partial charge in [0.1, 0.15) is 12.0 Å². The summed E-state index contributed by atoms with van der Waals surface area (Å²) in [5.74, 6) is 0.698. The van der Waals surface area contributed by atoms with E-state index in [1.165, 1.54) is 0 Å². The van der Waals surface area contributed by atoms with Crippen LogP contribution in [0.1, 0.15) is 26.7 Å². The van der Waals surface area contributed by atoms with Crippen LogP contribution in [0, 0.1) is 5.92 Å². The fourth-order valence-electron chi connectivity index (χ4n) is 1.34. The molecule has 0 N–H and O–H groups in total. The second-order valence-corrected chi connectivity index (χ2v) is 3.97. The smallest absolute Gasteiger partial charge is 0.123 e. The van der Waals surface area contributed by atoms with E-state index >= 15 is 0 Å². The number of carbonyl (C=O) groups is 1. The van der Waals surface area contributed by atoms with Gasteiger partial charge in [-0.3, -0.25) is 0 Å². The summed E-state index contributed by atoms with van der Waals surface area (Å²) >= 11 is 0. The van der Waals surface area contributed by atoms with Crippen molar-refractivity contribution in [3.8, 4) is 0 Å². The van der Waals surface area contributed by atoms with Crippen molar-refractivity contribution in [3.63, 3.8) is 0 Å². The van der Waals surface area contributed by atoms with E-state index in [4.69, 9.17) is 9.47 Å². The number of rotatable bonds is 9. The Morgan fingerprint density at radius 2 is 2.12 bits per heavy atom. The Balaban J connectivity index is 3.82. The molecule has 16 heavy (non-hydrogen) atoms. The molecule has 0 rings (SSSR count). The Labute approximate surface area is 98.1 Å². The molecule has 1 unspecified atom stereocenters. The molecule has 1 atom stereocenters. The third kappa shape index (κ3) is 8.24. The zero-order valence-corrected chi connectivity index (χ0v) is 10.5. The molecular weight excluding hydrogens is 204 g/mol. The number of hydrogen-bond donors (Lipinski definition) is 0. The predicted octanol–water partition coefficient (Wildman–Crippen LogP) is 2.72. The lowest BCUT2D eigenvalue weighted by Gasteiger charge is -2.08. The Morgan fingerprint density at radius 3 is 2.69 bits per heavy atom. The van der Waals surface area contributed by atoms with Crippen molar-refractivity contribution in [1.29, 1.82) is 0 Å². The summed E-state index contributed by atoms with van der Waals surface area (Å²) < 4.78 is 10.3. The van der Waals surface area contributed by atoms with Gasteiger partial charge in [0.25, 0.3) is 0 Å². The molecule has 92 valence electrons. The molecule has 0 amide bonds. The molecule has 0 spiro atoms. The number of hydrogen-bond acceptors (Lipinski definition) is 3. The molecule has 0 saturated carbocycles. The minimum Gasteiger partial charge on any atom is -0.494 e. The monoisotopic (exact) mass is 226 g/mol. The first-order chi connectivity index (χ1) is 7.60. The third-order valence-electron chi connectivity index (χ3n) is 2.06. The first kappa shape index (κ1) is 14.9. The number of ether oxygens (including phenoxy) is 2. The standard InChI is InChI=1S/C13H22O3/c1-11(8-12(2)10-14)9-13(3)16-7-5-6-15-4/h9-10,12H,3,5-8H2,1-2,4H3. The van der Waals surface area contributed by atoms with Crippen LogP contribution in [-0.4, -0.2) is 26.6 Å². The van der Waals surface area contributed by atoms with E-state index in [1.54, 1.807) is 7.11 Å². The summed E-state index contributed by atoms with van der Waals surface area (Å²) in [6.07, 6.45) is 4.45. The summed E-state index contributed by atoms with van der Waals surface area (Å²) in [6.45, 7) is 8.97. The molecule has 0 aromatic rings. The quantitative estimate of drug-likeness (QED) is 0.262. The third-order valence-corrected chi connectivity index (χ3v) is 2.06. The lowest BCUT2D eigenvalue weighted by Crippen LogP contribution is -1.99. The molecule has 0 aliphatic rings. The molecule has 0 saturated heterocycles. The number of aldehydes is 1. The van der Waals surface area contributed by atoms with Crippen LogP contribution < -0.4 is 0 Å². The van der Waals surface area contributed by atoms with E-state index in [0.29, 0.717) is 19.0 Å². The summed E-state index contributed by atoms with van der Waals surface area (Å²) in [5, 5.41) is 0. The van der Waals surface area contributed by atoms with Crippen molar-refractivity contribution in [2.45, 2.75) is 26.7 Å². The highest BCUT2D eigenvalue weighted by Crippen LogP contribution is 2.11. The van der Waals surface area contributed by atoms with Gasteiger partial charge in [0, 0.05) is 26.1 Å². The zero-order valence-electron chi connectivity index (χ0n) is 10.5. The van der Waals surface area contributed by atoms with Gasteiger partial charge in [0.2, 0.25) is 0 Å². The van der Waals surface area contributed by atoms with Gasteiger partial charge in [-0.2, -0.15) is 0 Å². The Morgan fingerprint density at radius 1 is 1.44 bits per heavy atom. The van der Waals surface area contributed by atoms with E-state index in [1.807, 2.05) is 19.9 Å². The van der Waals surface area contributed by atoms with Crippen LogP contribution in [0.25, 0.3) is 0 Å². The van der Waals surface area contributed by atoms with Crippen LogP contribution in [0.5, 0.6) is 0 Å². The molecule has 0 radical (unpaired) electrons. The summed E-state index contributed by atoms with van der Waals surface area (Å²) in [7, 11) is 1.67. The minimum absolute atomic E-state index is 0.0533. The van der Waals surface area contributed by atoms with Crippen LogP contribution in [0.15, 0.2) is 24.0 Å². The summed E-state index contributed by atoms with van der Waals surface area (Å²) in [5.41, 5.74) is 1.11. The van der Waals surface area contributed by atoms with Gasteiger partial charge in [0.15, 0.2) is 0 Å². The second-order valence-electron chi connectivity index (χ2n) is 3.97. The highest BCUT2D eigenvalue weighted by molar-refractivity contribution is 5.53. The second kappa shape index (κ2) is 9.16. The van der Waals surface area contributed by atoms with Crippen molar-refractivity contribution >= 4 is 6.29 Å². The fraction of sp³-hybridized carbons (Fsp3) is 0.615. The molecule has 3 heteroatoms. The molecule has 3 nitrogen and oxygen atoms in total. The Bertz CT molecular complexity index is 244. The number of carbonyl (C=O) groups excluding carboxylic acids is 1. The lowest BCUT2D eigenvalue weighted by atomic mass is 10.0. The molecule has 0 bridgehead atoms. The van der Waals surface area contributed by atoms with Gasteiger partial charge < -0.3 is 14.3 Å². The SMILES string of the molecule is C=C(C=C(C)CC(C)C=O)OCCCOC. The summed E-state index contributed by atoms with van der Waals surface area (Å²) in [4.78, 5) is 10.5. The van der Waals surface area contributed by atoms with Crippen LogP contribution >= 0.6 is 0 Å². The van der Waals surface area contributed by atoms with Gasteiger partial charge in [-0.15, -0.1) is 0 Å². The fourth-order valence-corrected chi connectivity index (χ4v) is 1.34. The minimum atomic E-state index is 0.0533. The maximum absolute atomic E-state index is 10.5. The molecular formula is C13H22O3. The molecule has 0 aromatic carbocycles. The van der Waals surface area contributed by atoms with E-state index in [9.17, 15) is 4.79 Å². The van der Waals surface area contributed by atoms with Crippen LogP contribution in [-0.2, 0) is 14.3 Å². The van der Waals surface area contributed by atoms with E-state index in [0.717, 1.165) is 24.7 Å². The molecule has 0 aromatic heterocycles. The number of methoxy groups -OCH3 is 1. The van der Waals surface area contributed by atoms with Gasteiger partial charge in [-0.25, -0.2) is 0 Å². The average Bonchev–Trinajstić information content (AvgIpc) is 2.24. The predicted molar refractivity (Wildman–Crippen MR) is 65.2 cm³/mol. The normalized spacial score (nSPS) is 13.3. The van der Waals surface area contributed by atoms with Gasteiger partial charge >= 0.3 is 0 Å². The van der Waals surface area contributed by atoms with Crippen molar-refractivity contribution in [1.82, 2.24) is 0 Å². The van der Waals surface area contributed by atoms with Crippen molar-refractivity contribution in [2.75, 3.05) is 20.3 Å². The van der Waals surface area contributed by atoms with E-state index in [-0.39, 0.29) is 5.92 Å². The highest BCUT2D eigenvalue weighted by Gasteiger charge is 2.01. The first-order valence-corrected chi connectivity index (χ1v) is 5.53. The first-order valence-electron chi connectivity index (χ1n) is 5.53. The van der Waals surface area contributed by atoms with E-state index < -0.39 is 0 Å². The Kier molecular flexibility index (Phi) is 8.53. The molecule has 0 heterocycles. The van der Waals surface area contributed by atoms with Crippen LogP contribution in [0.4, 0.5) is 0 Å². The largest absolute Gasteiger partial charge is 0.494 e. The van der Waals surface area contributed by atoms with Crippen LogP contribution in [0.3, 0.4) is 0 Å².